The largest absolute Gasteiger partial charge is 0.347 e. The highest BCUT2D eigenvalue weighted by atomic mass is 32.1. The third kappa shape index (κ3) is 2.60. The molecule has 1 N–H and O–H groups in total. The zero-order valence-electron chi connectivity index (χ0n) is 11.7. The van der Waals surface area contributed by atoms with E-state index in [1.54, 1.807) is 6.20 Å². The van der Waals surface area contributed by atoms with Gasteiger partial charge in [-0.25, -0.2) is 9.97 Å². The molecule has 1 unspecified atom stereocenters. The van der Waals surface area contributed by atoms with Gasteiger partial charge >= 0.3 is 0 Å². The second-order valence-corrected chi connectivity index (χ2v) is 6.25. The maximum atomic E-state index is 12.2. The Kier molecular flexibility index (Phi) is 3.56. The molecule has 2 aromatic heterocycles. The van der Waals surface area contributed by atoms with Crippen molar-refractivity contribution in [3.05, 3.63) is 33.8 Å². The molecule has 106 valence electrons. The first-order valence-corrected chi connectivity index (χ1v) is 7.75. The lowest BCUT2D eigenvalue weighted by Crippen LogP contribution is -2.40. The van der Waals surface area contributed by atoms with Crippen molar-refractivity contribution in [1.29, 1.82) is 0 Å². The maximum Gasteiger partial charge on any atom is 0.263 e. The number of hydrogen-bond acceptors (Lipinski definition) is 4. The molecule has 0 aromatic carbocycles. The summed E-state index contributed by atoms with van der Waals surface area (Å²) in [6.45, 7) is 4.86. The Morgan fingerprint density at radius 3 is 3.20 bits per heavy atom. The molecule has 0 fully saturated rings. The molecule has 3 heterocycles. The number of carbonyl (C=O) groups excluding carboxylic acids is 1. The molecule has 1 aliphatic rings. The smallest absolute Gasteiger partial charge is 0.263 e. The summed E-state index contributed by atoms with van der Waals surface area (Å²) in [5, 5.41) is 4.11. The van der Waals surface area contributed by atoms with Gasteiger partial charge in [0.2, 0.25) is 0 Å². The van der Waals surface area contributed by atoms with Gasteiger partial charge in [-0.15, -0.1) is 11.3 Å². The first kappa shape index (κ1) is 13.3. The van der Waals surface area contributed by atoms with Crippen molar-refractivity contribution in [1.82, 2.24) is 19.9 Å². The van der Waals surface area contributed by atoms with Crippen LogP contribution in [0.4, 0.5) is 0 Å². The number of carbonyl (C=O) groups is 1. The molecule has 1 atom stereocenters. The van der Waals surface area contributed by atoms with Crippen molar-refractivity contribution in [3.63, 3.8) is 0 Å². The van der Waals surface area contributed by atoms with Gasteiger partial charge in [0.25, 0.3) is 5.91 Å². The molecule has 5 nitrogen and oxygen atoms in total. The van der Waals surface area contributed by atoms with Crippen LogP contribution in [0, 0.1) is 6.92 Å². The van der Waals surface area contributed by atoms with Gasteiger partial charge in [-0.3, -0.25) is 4.79 Å². The second-order valence-electron chi connectivity index (χ2n) is 5.13. The molecule has 0 spiro atoms. The van der Waals surface area contributed by atoms with Crippen molar-refractivity contribution < 1.29 is 4.79 Å². The van der Waals surface area contributed by atoms with Gasteiger partial charge in [0, 0.05) is 25.2 Å². The van der Waals surface area contributed by atoms with Crippen LogP contribution in [0.1, 0.15) is 39.5 Å². The summed E-state index contributed by atoms with van der Waals surface area (Å²) >= 11 is 1.48. The lowest BCUT2D eigenvalue weighted by molar-refractivity contribution is 0.0931. The summed E-state index contributed by atoms with van der Waals surface area (Å²) in [4.78, 5) is 21.6. The number of aryl methyl sites for hydroxylation is 3. The Balaban J connectivity index is 1.65. The maximum absolute atomic E-state index is 12.2. The molecular formula is C14H18N4OS. The molecule has 1 aliphatic heterocycles. The molecular weight excluding hydrogens is 272 g/mol. The summed E-state index contributed by atoms with van der Waals surface area (Å²) in [5.74, 6) is 1.12. The molecule has 20 heavy (non-hydrogen) atoms. The highest BCUT2D eigenvalue weighted by Crippen LogP contribution is 2.17. The fourth-order valence-electron chi connectivity index (χ4n) is 2.54. The predicted octanol–water partition coefficient (Wildman–Crippen LogP) is 1.96. The number of fused-ring (bicyclic) bond motifs is 1. The van der Waals surface area contributed by atoms with E-state index in [1.165, 1.54) is 11.3 Å². The van der Waals surface area contributed by atoms with Crippen LogP contribution in [0.5, 0.6) is 0 Å². The lowest BCUT2D eigenvalue weighted by Gasteiger charge is -2.24. The van der Waals surface area contributed by atoms with Gasteiger partial charge in [0.05, 0.1) is 16.9 Å². The van der Waals surface area contributed by atoms with E-state index in [0.29, 0.717) is 4.88 Å². The van der Waals surface area contributed by atoms with Crippen LogP contribution in [0.15, 0.2) is 12.4 Å². The van der Waals surface area contributed by atoms with Crippen LogP contribution in [-0.4, -0.2) is 26.5 Å². The third-order valence-corrected chi connectivity index (χ3v) is 4.67. The fraction of sp³-hybridized carbons (Fsp3) is 0.500. The normalized spacial score (nSPS) is 17.8. The summed E-state index contributed by atoms with van der Waals surface area (Å²) in [6, 6.07) is 0.177. The average molecular weight is 290 g/mol. The molecule has 0 saturated heterocycles. The van der Waals surface area contributed by atoms with Crippen LogP contribution < -0.4 is 5.32 Å². The van der Waals surface area contributed by atoms with Crippen LogP contribution in [-0.2, 0) is 19.4 Å². The number of nitrogens with zero attached hydrogens (tertiary/aromatic N) is 3. The second kappa shape index (κ2) is 5.36. The van der Waals surface area contributed by atoms with Crippen molar-refractivity contribution in [3.8, 4) is 0 Å². The minimum Gasteiger partial charge on any atom is -0.347 e. The zero-order chi connectivity index (χ0) is 14.1. The number of rotatable bonds is 3. The average Bonchev–Trinajstić information content (AvgIpc) is 3.03. The van der Waals surface area contributed by atoms with Crippen molar-refractivity contribution in [2.75, 3.05) is 0 Å². The predicted molar refractivity (Wildman–Crippen MR) is 78.0 cm³/mol. The lowest BCUT2D eigenvalue weighted by atomic mass is 10.1. The quantitative estimate of drug-likeness (QED) is 0.940. The Bertz CT molecular complexity index is 631. The van der Waals surface area contributed by atoms with Gasteiger partial charge in [-0.2, -0.15) is 0 Å². The minimum atomic E-state index is -0.00696. The first-order chi connectivity index (χ1) is 9.65. The monoisotopic (exact) mass is 290 g/mol. The SMILES string of the molecule is CCc1ncc(C(=O)NC2CCc3nc(C)cn3C2)s1. The van der Waals surface area contributed by atoms with E-state index in [2.05, 4.69) is 26.0 Å². The molecule has 0 saturated carbocycles. The van der Waals surface area contributed by atoms with E-state index >= 15 is 0 Å². The van der Waals surface area contributed by atoms with E-state index in [9.17, 15) is 4.79 Å². The van der Waals surface area contributed by atoms with Gasteiger partial charge in [0.1, 0.15) is 10.7 Å². The Morgan fingerprint density at radius 2 is 2.45 bits per heavy atom. The third-order valence-electron chi connectivity index (χ3n) is 3.53. The van der Waals surface area contributed by atoms with Gasteiger partial charge in [-0.05, 0) is 19.8 Å². The van der Waals surface area contributed by atoms with E-state index < -0.39 is 0 Å². The van der Waals surface area contributed by atoms with Crippen LogP contribution >= 0.6 is 11.3 Å². The van der Waals surface area contributed by atoms with Crippen LogP contribution in [0.25, 0.3) is 0 Å². The molecule has 6 heteroatoms. The van der Waals surface area contributed by atoms with E-state index in [0.717, 1.165) is 42.3 Å². The van der Waals surface area contributed by atoms with Crippen molar-refractivity contribution in [2.45, 2.75) is 45.7 Å². The number of imidazole rings is 1. The van der Waals surface area contributed by atoms with Crippen LogP contribution in [0.3, 0.4) is 0 Å². The zero-order valence-corrected chi connectivity index (χ0v) is 12.5. The van der Waals surface area contributed by atoms with Crippen molar-refractivity contribution in [2.24, 2.45) is 0 Å². The highest BCUT2D eigenvalue weighted by Gasteiger charge is 2.22. The van der Waals surface area contributed by atoms with Gasteiger partial charge in [0.15, 0.2) is 0 Å². The van der Waals surface area contributed by atoms with Gasteiger partial charge < -0.3 is 9.88 Å². The number of amides is 1. The first-order valence-electron chi connectivity index (χ1n) is 6.94. The summed E-state index contributed by atoms with van der Waals surface area (Å²) in [7, 11) is 0. The number of thiazole rings is 1. The Labute approximate surface area is 122 Å². The van der Waals surface area contributed by atoms with Gasteiger partial charge in [-0.1, -0.05) is 6.92 Å². The molecule has 0 aliphatic carbocycles. The number of nitrogens with one attached hydrogen (secondary N) is 1. The van der Waals surface area contributed by atoms with E-state index in [4.69, 9.17) is 0 Å². The number of aromatic nitrogens is 3. The standard InChI is InChI=1S/C14H18N4OS/c1-3-13-15-6-11(20-13)14(19)17-10-4-5-12-16-9(2)7-18(12)8-10/h6-7,10H,3-5,8H2,1-2H3,(H,17,19). The van der Waals surface area contributed by atoms with Crippen LogP contribution in [0.2, 0.25) is 0 Å². The fourth-order valence-corrected chi connectivity index (χ4v) is 3.30. The Morgan fingerprint density at radius 1 is 1.60 bits per heavy atom. The molecule has 3 rings (SSSR count). The van der Waals surface area contributed by atoms with E-state index in [1.807, 2.05) is 13.8 Å². The minimum absolute atomic E-state index is 0.00696. The molecule has 0 radical (unpaired) electrons. The summed E-state index contributed by atoms with van der Waals surface area (Å²) in [6.07, 6.45) is 6.46. The van der Waals surface area contributed by atoms with E-state index in [-0.39, 0.29) is 11.9 Å². The topological polar surface area (TPSA) is 59.8 Å². The molecule has 1 amide bonds. The number of hydrogen-bond donors (Lipinski definition) is 1. The Hall–Kier alpha value is -1.69. The molecule has 0 bridgehead atoms. The summed E-state index contributed by atoms with van der Waals surface area (Å²) < 4.78 is 2.15. The highest BCUT2D eigenvalue weighted by molar-refractivity contribution is 7.13. The van der Waals surface area contributed by atoms with Crippen molar-refractivity contribution >= 4 is 17.2 Å². The molecule has 2 aromatic rings. The summed E-state index contributed by atoms with van der Waals surface area (Å²) in [5.41, 5.74) is 1.04.